The van der Waals surface area contributed by atoms with E-state index >= 15 is 0 Å². The first-order chi connectivity index (χ1) is 16.4. The summed E-state index contributed by atoms with van der Waals surface area (Å²) < 4.78 is 26.9. The largest absolute Gasteiger partial charge is 0.393 e. The van der Waals surface area contributed by atoms with E-state index in [9.17, 15) is 18.6 Å². The van der Waals surface area contributed by atoms with Gasteiger partial charge in [0, 0.05) is 6.54 Å². The first kappa shape index (κ1) is 27.9. The molecule has 4 saturated carbocycles. The maximum atomic E-state index is 12.1. The molecule has 6 heteroatoms. The highest BCUT2D eigenvalue weighted by Gasteiger charge is 2.64. The SMILES string of the molecule is CC[C@H]1[C@@H](O)[C@@H]2[C@H](CC[C@]3(C)C([C@H](C)CCCNS(=O)(=O)C(C)C)CC[C@@H]23)[C@@]2(C)CC[C@@H](O)C[C@@H]12. The molecule has 0 heterocycles. The molecule has 3 N–H and O–H groups in total. The smallest absolute Gasteiger partial charge is 0.213 e. The van der Waals surface area contributed by atoms with E-state index in [0.717, 1.165) is 38.5 Å². The van der Waals surface area contributed by atoms with E-state index in [1.807, 2.05) is 0 Å². The number of hydrogen-bond donors (Lipinski definition) is 3. The predicted octanol–water partition coefficient (Wildman–Crippen LogP) is 5.36. The van der Waals surface area contributed by atoms with Crippen LogP contribution in [0.25, 0.3) is 0 Å². The molecule has 0 bridgehead atoms. The molecule has 0 radical (unpaired) electrons. The third-order valence-corrected chi connectivity index (χ3v) is 13.8. The van der Waals surface area contributed by atoms with Gasteiger partial charge in [-0.25, -0.2) is 13.1 Å². The second-order valence-corrected chi connectivity index (χ2v) is 16.1. The first-order valence-electron chi connectivity index (χ1n) is 14.7. The molecule has 0 saturated heterocycles. The van der Waals surface area contributed by atoms with Crippen LogP contribution in [0.15, 0.2) is 0 Å². The lowest BCUT2D eigenvalue weighted by Crippen LogP contribution is -2.62. The molecule has 4 aliphatic rings. The van der Waals surface area contributed by atoms with Gasteiger partial charge in [0.2, 0.25) is 10.0 Å². The van der Waals surface area contributed by atoms with E-state index in [-0.39, 0.29) is 28.3 Å². The summed E-state index contributed by atoms with van der Waals surface area (Å²) in [6.45, 7) is 13.6. The molecule has 0 aliphatic heterocycles. The zero-order valence-electron chi connectivity index (χ0n) is 23.2. The van der Waals surface area contributed by atoms with Crippen LogP contribution in [0.4, 0.5) is 0 Å². The number of rotatable bonds is 8. The Morgan fingerprint density at radius 3 is 2.26 bits per heavy atom. The number of sulfonamides is 1. The van der Waals surface area contributed by atoms with Crippen molar-refractivity contribution in [1.29, 1.82) is 0 Å². The molecule has 4 rings (SSSR count). The lowest BCUT2D eigenvalue weighted by molar-refractivity contribution is -0.203. The fourth-order valence-electron chi connectivity index (χ4n) is 9.94. The topological polar surface area (TPSA) is 86.6 Å². The van der Waals surface area contributed by atoms with E-state index in [2.05, 4.69) is 32.4 Å². The van der Waals surface area contributed by atoms with Crippen LogP contribution in [0.3, 0.4) is 0 Å². The first-order valence-corrected chi connectivity index (χ1v) is 16.3. The second-order valence-electron chi connectivity index (χ2n) is 13.7. The maximum absolute atomic E-state index is 12.1. The Labute approximate surface area is 215 Å². The van der Waals surface area contributed by atoms with Gasteiger partial charge in [0.15, 0.2) is 0 Å². The highest BCUT2D eigenvalue weighted by atomic mass is 32.2. The lowest BCUT2D eigenvalue weighted by atomic mass is 9.41. The minimum atomic E-state index is -3.19. The van der Waals surface area contributed by atoms with Crippen LogP contribution >= 0.6 is 0 Å². The molecule has 204 valence electrons. The highest BCUT2D eigenvalue weighted by molar-refractivity contribution is 7.90. The van der Waals surface area contributed by atoms with Crippen molar-refractivity contribution in [1.82, 2.24) is 4.72 Å². The van der Waals surface area contributed by atoms with E-state index in [1.165, 1.54) is 25.7 Å². The van der Waals surface area contributed by atoms with Crippen LogP contribution in [0, 0.1) is 52.3 Å². The maximum Gasteiger partial charge on any atom is 0.213 e. The van der Waals surface area contributed by atoms with Crippen LogP contribution in [0.1, 0.15) is 106 Å². The van der Waals surface area contributed by atoms with Crippen molar-refractivity contribution in [2.75, 3.05) is 6.54 Å². The third kappa shape index (κ3) is 4.76. The van der Waals surface area contributed by atoms with Crippen LogP contribution < -0.4 is 4.72 Å². The quantitative estimate of drug-likeness (QED) is 0.383. The molecule has 35 heavy (non-hydrogen) atoms. The molecule has 0 spiro atoms. The summed E-state index contributed by atoms with van der Waals surface area (Å²) in [4.78, 5) is 0. The van der Waals surface area contributed by atoms with Gasteiger partial charge in [-0.15, -0.1) is 0 Å². The Morgan fingerprint density at radius 2 is 1.60 bits per heavy atom. The summed E-state index contributed by atoms with van der Waals surface area (Å²) in [5.74, 6) is 3.54. The minimum Gasteiger partial charge on any atom is -0.393 e. The predicted molar refractivity (Wildman–Crippen MR) is 142 cm³/mol. The molecule has 0 aromatic rings. The van der Waals surface area contributed by atoms with Crippen molar-refractivity contribution >= 4 is 10.0 Å². The van der Waals surface area contributed by atoms with Crippen LogP contribution in [-0.2, 0) is 10.0 Å². The molecule has 4 aliphatic carbocycles. The van der Waals surface area contributed by atoms with E-state index in [0.29, 0.717) is 48.0 Å². The Kier molecular flexibility index (Phi) is 8.11. The van der Waals surface area contributed by atoms with Crippen molar-refractivity contribution in [3.8, 4) is 0 Å². The van der Waals surface area contributed by atoms with Gasteiger partial charge in [-0.05, 0) is 124 Å². The fourth-order valence-corrected chi connectivity index (χ4v) is 10.7. The zero-order valence-corrected chi connectivity index (χ0v) is 24.0. The van der Waals surface area contributed by atoms with Gasteiger partial charge in [0.1, 0.15) is 0 Å². The van der Waals surface area contributed by atoms with E-state index in [1.54, 1.807) is 13.8 Å². The van der Waals surface area contributed by atoms with Crippen molar-refractivity contribution in [2.45, 2.75) is 123 Å². The zero-order chi connectivity index (χ0) is 25.8. The lowest BCUT2D eigenvalue weighted by Gasteiger charge is -2.64. The van der Waals surface area contributed by atoms with Crippen molar-refractivity contribution in [3.05, 3.63) is 0 Å². The van der Waals surface area contributed by atoms with Crippen LogP contribution in [0.2, 0.25) is 0 Å². The van der Waals surface area contributed by atoms with Crippen LogP contribution in [-0.4, -0.2) is 42.6 Å². The summed E-state index contributed by atoms with van der Waals surface area (Å²) >= 11 is 0. The van der Waals surface area contributed by atoms with Gasteiger partial charge < -0.3 is 10.2 Å². The van der Waals surface area contributed by atoms with Gasteiger partial charge in [0.05, 0.1) is 17.5 Å². The number of aliphatic hydroxyl groups excluding tert-OH is 2. The second kappa shape index (κ2) is 10.2. The summed E-state index contributed by atoms with van der Waals surface area (Å²) in [5.41, 5.74) is 0.525. The van der Waals surface area contributed by atoms with Crippen molar-refractivity contribution < 1.29 is 18.6 Å². The molecule has 5 nitrogen and oxygen atoms in total. The summed E-state index contributed by atoms with van der Waals surface area (Å²) in [6.07, 6.45) is 10.4. The molecule has 1 unspecified atom stereocenters. The number of hydrogen-bond acceptors (Lipinski definition) is 4. The molecule has 0 aromatic carbocycles. The summed E-state index contributed by atoms with van der Waals surface area (Å²) in [7, 11) is -3.19. The highest BCUT2D eigenvalue weighted by Crippen LogP contribution is 2.69. The van der Waals surface area contributed by atoms with Gasteiger partial charge >= 0.3 is 0 Å². The van der Waals surface area contributed by atoms with Crippen molar-refractivity contribution in [2.24, 2.45) is 52.3 Å². The Balaban J connectivity index is 1.47. The van der Waals surface area contributed by atoms with Gasteiger partial charge in [-0.3, -0.25) is 0 Å². The summed E-state index contributed by atoms with van der Waals surface area (Å²) in [6, 6.07) is 0. The average Bonchev–Trinajstić information content (AvgIpc) is 3.15. The van der Waals surface area contributed by atoms with Crippen LogP contribution in [0.5, 0.6) is 0 Å². The van der Waals surface area contributed by atoms with Gasteiger partial charge in [-0.1, -0.05) is 34.1 Å². The minimum absolute atomic E-state index is 0.193. The standard InChI is InChI=1S/C29H53NO4S/c1-7-21-25-17-20(31)12-14-29(25,6)24-13-15-28(5)22(10-11-23(28)26(24)27(21)32)19(4)9-8-16-30-35(33,34)18(2)3/h18-27,30-32H,7-17H2,1-6H3/t19-,20-,21-,22?,23+,24+,25+,26+,27-,28-,29-/m1/s1. The van der Waals surface area contributed by atoms with Gasteiger partial charge in [-0.2, -0.15) is 0 Å². The Morgan fingerprint density at radius 1 is 0.943 bits per heavy atom. The number of nitrogens with one attached hydrogen (secondary N) is 1. The molecular weight excluding hydrogens is 458 g/mol. The number of aliphatic hydroxyl groups is 2. The Bertz CT molecular complexity index is 846. The van der Waals surface area contributed by atoms with Crippen molar-refractivity contribution in [3.63, 3.8) is 0 Å². The average molecular weight is 512 g/mol. The molecule has 0 aromatic heterocycles. The monoisotopic (exact) mass is 511 g/mol. The van der Waals surface area contributed by atoms with Gasteiger partial charge in [0.25, 0.3) is 0 Å². The molecule has 4 fully saturated rings. The molecule has 0 amide bonds. The Hall–Kier alpha value is -0.170. The molecule has 11 atom stereocenters. The fraction of sp³-hybridized carbons (Fsp3) is 1.00. The molecular formula is C29H53NO4S. The third-order valence-electron chi connectivity index (χ3n) is 11.9. The van der Waals surface area contributed by atoms with E-state index in [4.69, 9.17) is 0 Å². The summed E-state index contributed by atoms with van der Waals surface area (Å²) in [5, 5.41) is 21.9. The van der Waals surface area contributed by atoms with E-state index < -0.39 is 10.0 Å². The number of fused-ring (bicyclic) bond motifs is 5. The normalized spacial score (nSPS) is 46.7.